The van der Waals surface area contributed by atoms with Crippen LogP contribution in [0.25, 0.3) is 11.0 Å². The standard InChI is InChI=1S/C27H26N2O5/c1-32-22-10-11-24-20(13-26(30)34-25(24)14-22)16-29(17-23-3-2-12-33-23)15-18-4-6-19(7-5-18)27(31)28-21-8-9-21/h2-7,10-14,21H,8-9,15-17H2,1H3,(H,28,31). The first-order valence-corrected chi connectivity index (χ1v) is 11.3. The smallest absolute Gasteiger partial charge is 0.336 e. The van der Waals surface area contributed by atoms with Crippen molar-refractivity contribution in [1.82, 2.24) is 10.2 Å². The zero-order valence-corrected chi connectivity index (χ0v) is 19.0. The van der Waals surface area contributed by atoms with Gasteiger partial charge in [-0.3, -0.25) is 9.69 Å². The van der Waals surface area contributed by atoms with Crippen LogP contribution in [0.4, 0.5) is 0 Å². The van der Waals surface area contributed by atoms with Crippen LogP contribution in [0.1, 0.15) is 40.1 Å². The zero-order chi connectivity index (χ0) is 23.5. The van der Waals surface area contributed by atoms with Crippen molar-refractivity contribution in [2.75, 3.05) is 7.11 Å². The summed E-state index contributed by atoms with van der Waals surface area (Å²) in [6.45, 7) is 1.69. The lowest BCUT2D eigenvalue weighted by Crippen LogP contribution is -2.25. The molecule has 1 fully saturated rings. The van der Waals surface area contributed by atoms with Gasteiger partial charge >= 0.3 is 5.63 Å². The van der Waals surface area contributed by atoms with Gasteiger partial charge < -0.3 is 18.9 Å². The quantitative estimate of drug-likeness (QED) is 0.372. The summed E-state index contributed by atoms with van der Waals surface area (Å²) in [6, 6.07) is 18.8. The molecule has 0 spiro atoms. The number of hydrogen-bond acceptors (Lipinski definition) is 6. The summed E-state index contributed by atoms with van der Waals surface area (Å²) in [4.78, 5) is 26.8. The van der Waals surface area contributed by atoms with Crippen LogP contribution in [0.2, 0.25) is 0 Å². The highest BCUT2D eigenvalue weighted by atomic mass is 16.5. The van der Waals surface area contributed by atoms with Crippen LogP contribution < -0.4 is 15.7 Å². The fourth-order valence-electron chi connectivity index (χ4n) is 4.02. The molecule has 34 heavy (non-hydrogen) atoms. The molecule has 7 nitrogen and oxygen atoms in total. The van der Waals surface area contributed by atoms with Crippen LogP contribution in [-0.4, -0.2) is 24.0 Å². The predicted octanol–water partition coefficient (Wildman–Crippen LogP) is 4.49. The van der Waals surface area contributed by atoms with Crippen molar-refractivity contribution in [2.45, 2.75) is 38.5 Å². The largest absolute Gasteiger partial charge is 0.497 e. The first-order valence-electron chi connectivity index (χ1n) is 11.3. The number of nitrogens with one attached hydrogen (secondary N) is 1. The van der Waals surface area contributed by atoms with Crippen molar-refractivity contribution >= 4 is 16.9 Å². The SMILES string of the molecule is COc1ccc2c(CN(Cc3ccc(C(=O)NC4CC4)cc3)Cc3ccco3)cc(=O)oc2c1. The van der Waals surface area contributed by atoms with Crippen molar-refractivity contribution in [3.05, 3.63) is 99.8 Å². The molecule has 5 rings (SSSR count). The van der Waals surface area contributed by atoms with E-state index >= 15 is 0 Å². The Kier molecular flexibility index (Phi) is 6.18. The van der Waals surface area contributed by atoms with Gasteiger partial charge in [0.05, 0.1) is 19.9 Å². The molecule has 0 atom stereocenters. The van der Waals surface area contributed by atoms with Gasteiger partial charge in [0.15, 0.2) is 0 Å². The number of carbonyl (C=O) groups excluding carboxylic acids is 1. The van der Waals surface area contributed by atoms with Crippen LogP contribution in [-0.2, 0) is 19.6 Å². The molecule has 1 aliphatic rings. The number of methoxy groups -OCH3 is 1. The summed E-state index contributed by atoms with van der Waals surface area (Å²) in [7, 11) is 1.58. The van der Waals surface area contributed by atoms with E-state index in [0.717, 1.165) is 35.1 Å². The molecule has 2 aromatic heterocycles. The number of rotatable bonds is 9. The summed E-state index contributed by atoms with van der Waals surface area (Å²) in [6.07, 6.45) is 3.77. The highest BCUT2D eigenvalue weighted by Gasteiger charge is 2.23. The highest BCUT2D eigenvalue weighted by Crippen LogP contribution is 2.25. The van der Waals surface area contributed by atoms with Gasteiger partial charge in [-0.2, -0.15) is 0 Å². The molecule has 0 bridgehead atoms. The van der Waals surface area contributed by atoms with E-state index in [1.807, 2.05) is 48.5 Å². The minimum absolute atomic E-state index is 0.0283. The number of furan rings is 1. The second-order valence-electron chi connectivity index (χ2n) is 8.62. The molecule has 174 valence electrons. The Labute approximate surface area is 196 Å². The van der Waals surface area contributed by atoms with Gasteiger partial charge in [0, 0.05) is 42.2 Å². The van der Waals surface area contributed by atoms with Crippen molar-refractivity contribution in [3.8, 4) is 5.75 Å². The normalized spacial score (nSPS) is 13.4. The van der Waals surface area contributed by atoms with Crippen LogP contribution in [0, 0.1) is 0 Å². The zero-order valence-electron chi connectivity index (χ0n) is 19.0. The van der Waals surface area contributed by atoms with Crippen molar-refractivity contribution in [1.29, 1.82) is 0 Å². The van der Waals surface area contributed by atoms with E-state index in [1.54, 1.807) is 19.4 Å². The molecule has 0 unspecified atom stereocenters. The van der Waals surface area contributed by atoms with Gasteiger partial charge in [-0.25, -0.2) is 4.79 Å². The maximum atomic E-state index is 12.3. The minimum Gasteiger partial charge on any atom is -0.497 e. The first kappa shape index (κ1) is 22.0. The van der Waals surface area contributed by atoms with E-state index in [9.17, 15) is 9.59 Å². The van der Waals surface area contributed by atoms with Gasteiger partial charge in [0.1, 0.15) is 17.1 Å². The molecule has 0 radical (unpaired) electrons. The Morgan fingerprint density at radius 3 is 2.59 bits per heavy atom. The fraction of sp³-hybridized carbons (Fsp3) is 0.259. The molecular formula is C27H26N2O5. The van der Waals surface area contributed by atoms with E-state index in [4.69, 9.17) is 13.6 Å². The van der Waals surface area contributed by atoms with Crippen molar-refractivity contribution < 1.29 is 18.4 Å². The van der Waals surface area contributed by atoms with Gasteiger partial charge in [-0.15, -0.1) is 0 Å². The topological polar surface area (TPSA) is 84.9 Å². The van der Waals surface area contributed by atoms with E-state index < -0.39 is 5.63 Å². The maximum absolute atomic E-state index is 12.3. The maximum Gasteiger partial charge on any atom is 0.336 e. The fourth-order valence-corrected chi connectivity index (χ4v) is 4.02. The lowest BCUT2D eigenvalue weighted by molar-refractivity contribution is 0.0951. The molecule has 2 heterocycles. The molecule has 0 aliphatic heterocycles. The van der Waals surface area contributed by atoms with Crippen LogP contribution in [0.3, 0.4) is 0 Å². The van der Waals surface area contributed by atoms with Crippen molar-refractivity contribution in [3.63, 3.8) is 0 Å². The first-order chi connectivity index (χ1) is 16.6. The molecule has 4 aromatic rings. The molecule has 0 saturated heterocycles. The van der Waals surface area contributed by atoms with Gasteiger partial charge in [-0.1, -0.05) is 12.1 Å². The summed E-state index contributed by atoms with van der Waals surface area (Å²) >= 11 is 0. The number of benzene rings is 2. The Morgan fingerprint density at radius 2 is 1.88 bits per heavy atom. The Morgan fingerprint density at radius 1 is 1.06 bits per heavy atom. The summed E-state index contributed by atoms with van der Waals surface area (Å²) in [5, 5.41) is 3.87. The second-order valence-corrected chi connectivity index (χ2v) is 8.62. The molecule has 1 aliphatic carbocycles. The van der Waals surface area contributed by atoms with E-state index in [0.29, 0.717) is 42.6 Å². The number of carbonyl (C=O) groups is 1. The predicted molar refractivity (Wildman–Crippen MR) is 128 cm³/mol. The summed E-state index contributed by atoms with van der Waals surface area (Å²) in [5.74, 6) is 1.43. The lowest BCUT2D eigenvalue weighted by Gasteiger charge is -2.22. The third kappa shape index (κ3) is 5.21. The van der Waals surface area contributed by atoms with Crippen molar-refractivity contribution in [2.24, 2.45) is 0 Å². The Hall–Kier alpha value is -3.84. The average Bonchev–Trinajstić information content (AvgIpc) is 3.50. The third-order valence-electron chi connectivity index (χ3n) is 5.93. The number of hydrogen-bond donors (Lipinski definition) is 1. The lowest BCUT2D eigenvalue weighted by atomic mass is 10.1. The number of ether oxygens (including phenoxy) is 1. The second kappa shape index (κ2) is 9.57. The molecule has 1 N–H and O–H groups in total. The molecular weight excluding hydrogens is 432 g/mol. The number of nitrogens with zero attached hydrogens (tertiary/aromatic N) is 1. The number of fused-ring (bicyclic) bond motifs is 1. The van der Waals surface area contributed by atoms with E-state index in [2.05, 4.69) is 10.2 Å². The van der Waals surface area contributed by atoms with Crippen LogP contribution >= 0.6 is 0 Å². The third-order valence-corrected chi connectivity index (χ3v) is 5.93. The van der Waals surface area contributed by atoms with E-state index in [1.165, 1.54) is 6.07 Å². The molecule has 1 amide bonds. The van der Waals surface area contributed by atoms with Gasteiger partial charge in [0.25, 0.3) is 5.91 Å². The monoisotopic (exact) mass is 458 g/mol. The Balaban J connectivity index is 1.39. The average molecular weight is 459 g/mol. The van der Waals surface area contributed by atoms with Gasteiger partial charge in [-0.05, 0) is 60.4 Å². The summed E-state index contributed by atoms with van der Waals surface area (Å²) < 4.78 is 16.3. The van der Waals surface area contributed by atoms with Crippen LogP contribution in [0.5, 0.6) is 5.75 Å². The summed E-state index contributed by atoms with van der Waals surface area (Å²) in [5.41, 5.74) is 2.67. The molecule has 1 saturated carbocycles. The molecule has 2 aromatic carbocycles. The highest BCUT2D eigenvalue weighted by molar-refractivity contribution is 5.94. The van der Waals surface area contributed by atoms with E-state index in [-0.39, 0.29) is 5.91 Å². The minimum atomic E-state index is -0.403. The number of amides is 1. The van der Waals surface area contributed by atoms with Gasteiger partial charge in [0.2, 0.25) is 0 Å². The Bertz CT molecular complexity index is 1340. The molecule has 7 heteroatoms. The van der Waals surface area contributed by atoms with Crippen LogP contribution in [0.15, 0.2) is 80.6 Å².